The smallest absolute Gasteiger partial charge is 0.225 e. The van der Waals surface area contributed by atoms with Gasteiger partial charge in [-0.05, 0) is 32.3 Å². The van der Waals surface area contributed by atoms with Crippen LogP contribution in [0.3, 0.4) is 0 Å². The van der Waals surface area contributed by atoms with Gasteiger partial charge in [-0.1, -0.05) is 0 Å². The number of halogens is 1. The van der Waals surface area contributed by atoms with Crippen molar-refractivity contribution in [3.05, 3.63) is 16.0 Å². The number of carbonyl (C=O) groups is 1. The zero-order chi connectivity index (χ0) is 12.8. The second-order valence-corrected chi connectivity index (χ2v) is 5.40. The van der Waals surface area contributed by atoms with Gasteiger partial charge in [-0.2, -0.15) is 5.26 Å². The van der Waals surface area contributed by atoms with Gasteiger partial charge in [-0.3, -0.25) is 4.79 Å². The van der Waals surface area contributed by atoms with Crippen LogP contribution >= 0.6 is 22.9 Å². The maximum absolute atomic E-state index is 11.6. The van der Waals surface area contributed by atoms with E-state index in [1.165, 1.54) is 11.3 Å². The third-order valence-electron chi connectivity index (χ3n) is 2.54. The Morgan fingerprint density at radius 1 is 1.47 bits per heavy atom. The molecule has 1 aromatic rings. The zero-order valence-electron chi connectivity index (χ0n) is 9.97. The first-order chi connectivity index (χ1) is 8.10. The minimum absolute atomic E-state index is 0.0483. The Morgan fingerprint density at radius 3 is 2.76 bits per heavy atom. The van der Waals surface area contributed by atoms with Crippen molar-refractivity contribution in [2.75, 3.05) is 11.2 Å². The van der Waals surface area contributed by atoms with E-state index >= 15 is 0 Å². The summed E-state index contributed by atoms with van der Waals surface area (Å²) in [5, 5.41) is 12.5. The molecule has 1 N–H and O–H groups in total. The van der Waals surface area contributed by atoms with Crippen molar-refractivity contribution in [2.24, 2.45) is 0 Å². The lowest BCUT2D eigenvalue weighted by atomic mass is 10.2. The van der Waals surface area contributed by atoms with Gasteiger partial charge in [-0.25, -0.2) is 0 Å². The van der Waals surface area contributed by atoms with Gasteiger partial charge in [0.2, 0.25) is 5.91 Å². The number of nitriles is 1. The molecule has 1 amide bonds. The highest BCUT2D eigenvalue weighted by atomic mass is 35.5. The number of thiophene rings is 1. The molecule has 92 valence electrons. The van der Waals surface area contributed by atoms with Gasteiger partial charge in [0, 0.05) is 17.2 Å². The molecule has 0 aliphatic rings. The average molecular weight is 271 g/mol. The molecule has 0 aliphatic carbocycles. The molecule has 1 heterocycles. The van der Waals surface area contributed by atoms with Crippen molar-refractivity contribution < 1.29 is 4.79 Å². The van der Waals surface area contributed by atoms with E-state index in [1.54, 1.807) is 0 Å². The molecular weight excluding hydrogens is 256 g/mol. The van der Waals surface area contributed by atoms with Crippen molar-refractivity contribution in [1.82, 2.24) is 0 Å². The Hall–Kier alpha value is -1.05. The third-order valence-corrected chi connectivity index (χ3v) is 3.93. The molecule has 3 nitrogen and oxygen atoms in total. The predicted molar refractivity (Wildman–Crippen MR) is 71.7 cm³/mol. The Labute approximate surface area is 110 Å². The summed E-state index contributed by atoms with van der Waals surface area (Å²) in [5.41, 5.74) is 1.53. The van der Waals surface area contributed by atoms with E-state index in [0.717, 1.165) is 23.3 Å². The van der Waals surface area contributed by atoms with Crippen molar-refractivity contribution in [3.63, 3.8) is 0 Å². The molecule has 0 aliphatic heterocycles. The average Bonchev–Trinajstić information content (AvgIpc) is 2.54. The largest absolute Gasteiger partial charge is 0.317 e. The third kappa shape index (κ3) is 3.72. The number of rotatable bonds is 5. The lowest BCUT2D eigenvalue weighted by Gasteiger charge is -2.02. The number of carbonyl (C=O) groups excluding carboxylic acids is 1. The standard InChI is InChI=1S/C12H15ClN2OS/c1-8-9(2)17-12(10(8)7-14)15-11(16)5-3-4-6-13/h3-6H2,1-2H3,(H,15,16). The second-order valence-electron chi connectivity index (χ2n) is 3.79. The minimum atomic E-state index is -0.0483. The van der Waals surface area contributed by atoms with Crippen molar-refractivity contribution in [2.45, 2.75) is 33.1 Å². The van der Waals surface area contributed by atoms with Crippen LogP contribution < -0.4 is 5.32 Å². The number of hydrogen-bond acceptors (Lipinski definition) is 3. The topological polar surface area (TPSA) is 52.9 Å². The first-order valence-corrected chi connectivity index (χ1v) is 6.81. The summed E-state index contributed by atoms with van der Waals surface area (Å²) in [6, 6.07) is 2.13. The number of unbranched alkanes of at least 4 members (excludes halogenated alkanes) is 1. The second kappa shape index (κ2) is 6.63. The molecule has 0 fully saturated rings. The summed E-state index contributed by atoms with van der Waals surface area (Å²) in [7, 11) is 0. The Kier molecular flexibility index (Phi) is 5.46. The van der Waals surface area contributed by atoms with E-state index in [1.807, 2.05) is 13.8 Å². The van der Waals surface area contributed by atoms with Crippen LogP contribution in [0.25, 0.3) is 0 Å². The van der Waals surface area contributed by atoms with E-state index in [9.17, 15) is 4.79 Å². The summed E-state index contributed by atoms with van der Waals surface area (Å²) in [6.07, 6.45) is 2.07. The highest BCUT2D eigenvalue weighted by molar-refractivity contribution is 7.16. The molecule has 0 spiro atoms. The first-order valence-electron chi connectivity index (χ1n) is 5.46. The molecule has 1 aromatic heterocycles. The molecule has 1 rings (SSSR count). The number of nitrogens with zero attached hydrogens (tertiary/aromatic N) is 1. The molecular formula is C12H15ClN2OS. The number of hydrogen-bond donors (Lipinski definition) is 1. The van der Waals surface area contributed by atoms with Crippen LogP contribution in [0.5, 0.6) is 0 Å². The molecule has 5 heteroatoms. The molecule has 0 saturated heterocycles. The Bertz CT molecular complexity index is 448. The normalized spacial score (nSPS) is 10.0. The maximum Gasteiger partial charge on any atom is 0.225 e. The molecule has 0 saturated carbocycles. The molecule has 0 radical (unpaired) electrons. The van der Waals surface area contributed by atoms with E-state index in [2.05, 4.69) is 11.4 Å². The monoisotopic (exact) mass is 270 g/mol. The Morgan fingerprint density at radius 2 is 2.18 bits per heavy atom. The molecule has 0 unspecified atom stereocenters. The summed E-state index contributed by atoms with van der Waals surface area (Å²) < 4.78 is 0. The van der Waals surface area contributed by atoms with Crippen LogP contribution in [-0.4, -0.2) is 11.8 Å². The lowest BCUT2D eigenvalue weighted by molar-refractivity contribution is -0.116. The Balaban J connectivity index is 2.66. The van der Waals surface area contributed by atoms with E-state index in [0.29, 0.717) is 22.9 Å². The fourth-order valence-electron chi connectivity index (χ4n) is 1.42. The van der Waals surface area contributed by atoms with Crippen LogP contribution in [0, 0.1) is 25.2 Å². The van der Waals surface area contributed by atoms with Crippen LogP contribution in [0.2, 0.25) is 0 Å². The van der Waals surface area contributed by atoms with Gasteiger partial charge in [0.1, 0.15) is 11.1 Å². The zero-order valence-corrected chi connectivity index (χ0v) is 11.5. The minimum Gasteiger partial charge on any atom is -0.317 e. The van der Waals surface area contributed by atoms with Gasteiger partial charge in [-0.15, -0.1) is 22.9 Å². The fourth-order valence-corrected chi connectivity index (χ4v) is 2.63. The van der Waals surface area contributed by atoms with Crippen LogP contribution in [0.1, 0.15) is 35.3 Å². The predicted octanol–water partition coefficient (Wildman–Crippen LogP) is 3.58. The number of amides is 1. The quantitative estimate of drug-likeness (QED) is 0.657. The van der Waals surface area contributed by atoms with Crippen LogP contribution in [0.4, 0.5) is 5.00 Å². The molecule has 0 aromatic carbocycles. The maximum atomic E-state index is 11.6. The van der Waals surface area contributed by atoms with Crippen molar-refractivity contribution >= 4 is 33.8 Å². The molecule has 17 heavy (non-hydrogen) atoms. The summed E-state index contributed by atoms with van der Waals surface area (Å²) in [6.45, 7) is 3.84. The van der Waals surface area contributed by atoms with Gasteiger partial charge >= 0.3 is 0 Å². The van der Waals surface area contributed by atoms with Gasteiger partial charge in [0.05, 0.1) is 5.56 Å². The summed E-state index contributed by atoms with van der Waals surface area (Å²) in [5.74, 6) is 0.529. The molecule has 0 atom stereocenters. The highest BCUT2D eigenvalue weighted by Gasteiger charge is 2.14. The lowest BCUT2D eigenvalue weighted by Crippen LogP contribution is -2.10. The first kappa shape index (κ1) is 14.0. The number of alkyl halides is 1. The fraction of sp³-hybridized carbons (Fsp3) is 0.500. The van der Waals surface area contributed by atoms with Gasteiger partial charge in [0.15, 0.2) is 0 Å². The summed E-state index contributed by atoms with van der Waals surface area (Å²) >= 11 is 7.00. The number of anilines is 1. The van der Waals surface area contributed by atoms with Crippen LogP contribution in [0.15, 0.2) is 0 Å². The van der Waals surface area contributed by atoms with Crippen molar-refractivity contribution in [1.29, 1.82) is 5.26 Å². The van der Waals surface area contributed by atoms with Crippen LogP contribution in [-0.2, 0) is 4.79 Å². The van der Waals surface area contributed by atoms with Gasteiger partial charge < -0.3 is 5.32 Å². The van der Waals surface area contributed by atoms with Crippen molar-refractivity contribution in [3.8, 4) is 6.07 Å². The van der Waals surface area contributed by atoms with E-state index in [-0.39, 0.29) is 5.91 Å². The highest BCUT2D eigenvalue weighted by Crippen LogP contribution is 2.31. The molecule has 0 bridgehead atoms. The van der Waals surface area contributed by atoms with E-state index < -0.39 is 0 Å². The summed E-state index contributed by atoms with van der Waals surface area (Å²) in [4.78, 5) is 12.7. The number of nitrogens with one attached hydrogen (secondary N) is 1. The number of aryl methyl sites for hydroxylation is 1. The van der Waals surface area contributed by atoms with Gasteiger partial charge in [0.25, 0.3) is 0 Å². The SMILES string of the molecule is Cc1sc(NC(=O)CCCCCl)c(C#N)c1C. The van der Waals surface area contributed by atoms with E-state index in [4.69, 9.17) is 16.9 Å².